The SMILES string of the molecule is C[Si](C)(c1ccc(Cl)cc1)c1ccccc1Cc1cnc2ccccc2c1. The minimum atomic E-state index is -1.81. The molecule has 1 heterocycles. The van der Waals surface area contributed by atoms with Crippen molar-refractivity contribution in [3.8, 4) is 0 Å². The summed E-state index contributed by atoms with van der Waals surface area (Å²) in [5, 5.41) is 4.86. The van der Waals surface area contributed by atoms with Crippen LogP contribution in [0.3, 0.4) is 0 Å². The number of para-hydroxylation sites is 1. The van der Waals surface area contributed by atoms with E-state index in [0.717, 1.165) is 17.0 Å². The Hall–Kier alpha value is -2.42. The highest BCUT2D eigenvalue weighted by Gasteiger charge is 2.28. The van der Waals surface area contributed by atoms with E-state index in [1.165, 1.54) is 26.9 Å². The van der Waals surface area contributed by atoms with E-state index in [2.05, 4.69) is 78.7 Å². The van der Waals surface area contributed by atoms with Gasteiger partial charge in [0.05, 0.1) is 5.52 Å². The van der Waals surface area contributed by atoms with Crippen molar-refractivity contribution >= 4 is 41.0 Å². The smallest absolute Gasteiger partial charge is 0.112 e. The molecule has 0 fully saturated rings. The zero-order valence-electron chi connectivity index (χ0n) is 15.6. The van der Waals surface area contributed by atoms with Gasteiger partial charge >= 0.3 is 0 Å². The minimum Gasteiger partial charge on any atom is -0.256 e. The summed E-state index contributed by atoms with van der Waals surface area (Å²) in [5.74, 6) is 0. The molecule has 0 unspecified atom stereocenters. The van der Waals surface area contributed by atoms with Gasteiger partial charge in [-0.1, -0.05) is 89.7 Å². The Morgan fingerprint density at radius 2 is 1.56 bits per heavy atom. The number of hydrogen-bond acceptors (Lipinski definition) is 1. The second kappa shape index (κ2) is 7.30. The van der Waals surface area contributed by atoms with E-state index in [-0.39, 0.29) is 0 Å². The number of halogens is 1. The van der Waals surface area contributed by atoms with Crippen LogP contribution in [0.15, 0.2) is 85.1 Å². The van der Waals surface area contributed by atoms with Crippen LogP contribution in [0.5, 0.6) is 0 Å². The van der Waals surface area contributed by atoms with Gasteiger partial charge in [-0.25, -0.2) is 0 Å². The summed E-state index contributed by atoms with van der Waals surface area (Å²) in [7, 11) is -1.81. The molecule has 0 N–H and O–H groups in total. The van der Waals surface area contributed by atoms with Gasteiger partial charge < -0.3 is 0 Å². The monoisotopic (exact) mass is 387 g/mol. The van der Waals surface area contributed by atoms with Gasteiger partial charge in [0.25, 0.3) is 0 Å². The first kappa shape index (κ1) is 18.0. The van der Waals surface area contributed by atoms with Crippen LogP contribution in [0.2, 0.25) is 18.1 Å². The molecule has 4 rings (SSSR count). The van der Waals surface area contributed by atoms with Crippen molar-refractivity contribution in [3.63, 3.8) is 0 Å². The number of hydrogen-bond donors (Lipinski definition) is 0. The van der Waals surface area contributed by atoms with Gasteiger partial charge in [-0.3, -0.25) is 4.98 Å². The summed E-state index contributed by atoms with van der Waals surface area (Å²) in [5.41, 5.74) is 3.69. The highest BCUT2D eigenvalue weighted by Crippen LogP contribution is 2.17. The molecule has 3 aromatic carbocycles. The Morgan fingerprint density at radius 1 is 0.852 bits per heavy atom. The lowest BCUT2D eigenvalue weighted by molar-refractivity contribution is 1.18. The molecule has 1 nitrogen and oxygen atoms in total. The Morgan fingerprint density at radius 3 is 2.37 bits per heavy atom. The molecule has 0 radical (unpaired) electrons. The first-order chi connectivity index (χ1) is 13.0. The van der Waals surface area contributed by atoms with E-state index in [1.807, 2.05) is 24.4 Å². The second-order valence-electron chi connectivity index (χ2n) is 7.50. The molecular weight excluding hydrogens is 366 g/mol. The molecule has 3 heteroatoms. The first-order valence-electron chi connectivity index (χ1n) is 9.22. The van der Waals surface area contributed by atoms with Crippen LogP contribution in [0.1, 0.15) is 11.1 Å². The average molecular weight is 388 g/mol. The molecule has 0 aliphatic rings. The van der Waals surface area contributed by atoms with Crippen molar-refractivity contribution < 1.29 is 0 Å². The van der Waals surface area contributed by atoms with Crippen LogP contribution in [0.25, 0.3) is 10.9 Å². The predicted molar refractivity (Wildman–Crippen MR) is 119 cm³/mol. The zero-order chi connectivity index (χ0) is 18.9. The maximum Gasteiger partial charge on any atom is 0.112 e. The van der Waals surface area contributed by atoms with Gasteiger partial charge in [0.1, 0.15) is 8.07 Å². The fourth-order valence-corrected chi connectivity index (χ4v) is 6.66. The van der Waals surface area contributed by atoms with Crippen molar-refractivity contribution in [2.24, 2.45) is 0 Å². The fourth-order valence-electron chi connectivity index (χ4n) is 3.74. The van der Waals surface area contributed by atoms with Gasteiger partial charge in [-0.2, -0.15) is 0 Å². The van der Waals surface area contributed by atoms with Crippen LogP contribution >= 0.6 is 11.6 Å². The van der Waals surface area contributed by atoms with Gasteiger partial charge in [-0.05, 0) is 41.8 Å². The minimum absolute atomic E-state index is 0.791. The van der Waals surface area contributed by atoms with Gasteiger partial charge in [0, 0.05) is 16.6 Å². The molecule has 1 aromatic heterocycles. The summed E-state index contributed by atoms with van der Waals surface area (Å²) < 4.78 is 0. The number of aromatic nitrogens is 1. The Bertz CT molecular complexity index is 1090. The maximum absolute atomic E-state index is 6.10. The molecule has 0 saturated heterocycles. The third-order valence-corrected chi connectivity index (χ3v) is 9.16. The Labute approximate surface area is 166 Å². The van der Waals surface area contributed by atoms with Gasteiger partial charge in [-0.15, -0.1) is 0 Å². The van der Waals surface area contributed by atoms with Crippen molar-refractivity contribution in [1.29, 1.82) is 0 Å². The number of pyridine rings is 1. The van der Waals surface area contributed by atoms with E-state index in [0.29, 0.717) is 0 Å². The van der Waals surface area contributed by atoms with Gasteiger partial charge in [0.15, 0.2) is 0 Å². The second-order valence-corrected chi connectivity index (χ2v) is 12.3. The molecule has 0 bridgehead atoms. The molecule has 0 amide bonds. The van der Waals surface area contributed by atoms with Gasteiger partial charge in [0.2, 0.25) is 0 Å². The van der Waals surface area contributed by atoms with Crippen LogP contribution in [0.4, 0.5) is 0 Å². The summed E-state index contributed by atoms with van der Waals surface area (Å²) in [6, 6.07) is 27.8. The molecule has 0 saturated carbocycles. The lowest BCUT2D eigenvalue weighted by Gasteiger charge is -2.26. The number of rotatable bonds is 4. The van der Waals surface area contributed by atoms with E-state index in [1.54, 1.807) is 0 Å². The maximum atomic E-state index is 6.10. The number of fused-ring (bicyclic) bond motifs is 1. The lowest BCUT2D eigenvalue weighted by atomic mass is 10.0. The molecule has 0 aliphatic carbocycles. The normalized spacial score (nSPS) is 11.7. The molecule has 4 aromatic rings. The van der Waals surface area contributed by atoms with Crippen LogP contribution in [-0.4, -0.2) is 13.1 Å². The highest BCUT2D eigenvalue weighted by atomic mass is 35.5. The quantitative estimate of drug-likeness (QED) is 0.433. The van der Waals surface area contributed by atoms with Crippen molar-refractivity contribution in [2.75, 3.05) is 0 Å². The molecule has 0 atom stereocenters. The summed E-state index contributed by atoms with van der Waals surface area (Å²) in [6.07, 6.45) is 2.91. The van der Waals surface area contributed by atoms with Crippen LogP contribution in [0, 0.1) is 0 Å². The van der Waals surface area contributed by atoms with E-state index in [9.17, 15) is 0 Å². The molecule has 27 heavy (non-hydrogen) atoms. The third-order valence-electron chi connectivity index (χ3n) is 5.30. The lowest BCUT2D eigenvalue weighted by Crippen LogP contribution is -2.54. The predicted octanol–water partition coefficient (Wildman–Crippen LogP) is 5.30. The van der Waals surface area contributed by atoms with Crippen molar-refractivity contribution in [1.82, 2.24) is 4.98 Å². The molecule has 0 aliphatic heterocycles. The van der Waals surface area contributed by atoms with Crippen LogP contribution in [-0.2, 0) is 6.42 Å². The van der Waals surface area contributed by atoms with Crippen molar-refractivity contribution in [2.45, 2.75) is 19.5 Å². The topological polar surface area (TPSA) is 12.9 Å². The number of benzene rings is 3. The zero-order valence-corrected chi connectivity index (χ0v) is 17.4. The summed E-state index contributed by atoms with van der Waals surface area (Å²) >= 11 is 6.10. The molecule has 0 spiro atoms. The average Bonchev–Trinajstić information content (AvgIpc) is 2.68. The largest absolute Gasteiger partial charge is 0.256 e. The first-order valence-corrected chi connectivity index (χ1v) is 12.6. The molecular formula is C24H22ClNSi. The van der Waals surface area contributed by atoms with E-state index >= 15 is 0 Å². The Kier molecular flexibility index (Phi) is 4.86. The number of nitrogens with zero attached hydrogens (tertiary/aromatic N) is 1. The Balaban J connectivity index is 1.72. The highest BCUT2D eigenvalue weighted by molar-refractivity contribution is 7.00. The van der Waals surface area contributed by atoms with Crippen LogP contribution < -0.4 is 10.4 Å². The third kappa shape index (κ3) is 3.69. The summed E-state index contributed by atoms with van der Waals surface area (Å²) in [4.78, 5) is 4.63. The standard InChI is InChI=1S/C24H22ClNSi/c1-27(2,22-13-11-21(25)12-14-22)24-10-6-4-8-20(24)16-18-15-19-7-3-5-9-23(19)26-17-18/h3-15,17H,16H2,1-2H3. The molecule has 134 valence electrons. The van der Waals surface area contributed by atoms with E-state index in [4.69, 9.17) is 11.6 Å². The fraction of sp³-hybridized carbons (Fsp3) is 0.125. The summed E-state index contributed by atoms with van der Waals surface area (Å²) in [6.45, 7) is 4.82. The van der Waals surface area contributed by atoms with Crippen molar-refractivity contribution in [3.05, 3.63) is 101 Å². The van der Waals surface area contributed by atoms with E-state index < -0.39 is 8.07 Å².